The number of rotatable bonds is 2. The summed E-state index contributed by atoms with van der Waals surface area (Å²) in [6.45, 7) is 14.4. The van der Waals surface area contributed by atoms with Crippen LogP contribution < -0.4 is 5.40 Å². The van der Waals surface area contributed by atoms with Crippen LogP contribution in [0.1, 0.15) is 0 Å². The van der Waals surface area contributed by atoms with Crippen LogP contribution in [0.15, 0.2) is 0 Å². The summed E-state index contributed by atoms with van der Waals surface area (Å²) in [5.74, 6) is 0. The minimum Gasteiger partial charge on any atom is -0.353 e. The molecule has 0 aliphatic carbocycles. The van der Waals surface area contributed by atoms with Crippen LogP contribution in [0.4, 0.5) is 0 Å². The zero-order chi connectivity index (χ0) is 8.58. The molecule has 0 rings (SSSR count). The van der Waals surface area contributed by atoms with Crippen LogP contribution in [0.3, 0.4) is 0 Å². The molecule has 1 radical (unpaired) electrons. The van der Waals surface area contributed by atoms with E-state index >= 15 is 0 Å². The zero-order valence-corrected chi connectivity index (χ0v) is 11.1. The highest BCUT2D eigenvalue weighted by atomic mass is 29.6. The van der Waals surface area contributed by atoms with E-state index in [2.05, 4.69) is 39.3 Å². The molecule has 0 spiro atoms. The van der Waals surface area contributed by atoms with Gasteiger partial charge in [-0.05, 0) is 0 Å². The Morgan fingerprint density at radius 2 is 1.30 bits per heavy atom. The first-order chi connectivity index (χ1) is 4.19. The van der Waals surface area contributed by atoms with Crippen molar-refractivity contribution in [1.29, 1.82) is 0 Å². The van der Waals surface area contributed by atoms with Crippen molar-refractivity contribution in [2.24, 2.45) is 5.40 Å². The lowest BCUT2D eigenvalue weighted by molar-refractivity contribution is 1.65. The molecule has 1 nitrogen and oxygen atoms in total. The Morgan fingerprint density at radius 1 is 1.00 bits per heavy atom. The molecule has 61 valence electrons. The average molecular weight is 190 g/mol. The molecule has 0 fully saturated rings. The fraction of sp³-hybridized carbons (Fsp3) is 1.00. The monoisotopic (exact) mass is 190 g/mol. The minimum absolute atomic E-state index is 0.0926. The quantitative estimate of drug-likeness (QED) is 0.660. The van der Waals surface area contributed by atoms with E-state index in [1.54, 1.807) is 0 Å². The highest BCUT2D eigenvalue weighted by Gasteiger charge is 2.40. The molecule has 4 heteroatoms. The lowest BCUT2D eigenvalue weighted by atomic mass is 11.9. The van der Waals surface area contributed by atoms with Crippen LogP contribution >= 0.6 is 0 Å². The Morgan fingerprint density at radius 3 is 1.30 bits per heavy atom. The number of hydrogen-bond donors (Lipinski definition) is 1. The van der Waals surface area contributed by atoms with E-state index in [0.29, 0.717) is 0 Å². The third-order valence-electron chi connectivity index (χ3n) is 2.86. The molecule has 0 aromatic rings. The summed E-state index contributed by atoms with van der Waals surface area (Å²) in [5.41, 5.74) is 0. The molecule has 0 heterocycles. The van der Waals surface area contributed by atoms with Crippen molar-refractivity contribution in [3.05, 3.63) is 0 Å². The lowest BCUT2D eigenvalue weighted by Crippen LogP contribution is -2.68. The second kappa shape index (κ2) is 2.92. The smallest absolute Gasteiger partial charge is 0.103 e. The van der Waals surface area contributed by atoms with Crippen LogP contribution in [0.25, 0.3) is 0 Å². The second-order valence-corrected chi connectivity index (χ2v) is 28.9. The predicted octanol–water partition coefficient (Wildman–Crippen LogP) is 1.77. The van der Waals surface area contributed by atoms with E-state index < -0.39 is 14.9 Å². The first kappa shape index (κ1) is 10.6. The fourth-order valence-electron chi connectivity index (χ4n) is 0.644. The summed E-state index contributed by atoms with van der Waals surface area (Å²) in [5, 5.41) is 6.24. The summed E-state index contributed by atoms with van der Waals surface area (Å²) in [7, 11) is -2.32. The maximum atomic E-state index is 6.24. The highest BCUT2D eigenvalue weighted by Crippen LogP contribution is 2.16. The molecule has 0 unspecified atom stereocenters. The molecule has 2 N–H and O–H groups in total. The van der Waals surface area contributed by atoms with Gasteiger partial charge in [0.15, 0.2) is 0 Å². The van der Waals surface area contributed by atoms with Crippen molar-refractivity contribution in [1.82, 2.24) is 0 Å². The third-order valence-corrected chi connectivity index (χ3v) is 36.0. The van der Waals surface area contributed by atoms with Gasteiger partial charge in [-0.2, -0.15) is 0 Å². The Kier molecular flexibility index (Phi) is 3.10. The van der Waals surface area contributed by atoms with Crippen LogP contribution in [0, 0.1) is 0 Å². The zero-order valence-electron chi connectivity index (χ0n) is 8.08. The summed E-state index contributed by atoms with van der Waals surface area (Å²) >= 11 is 0. The topological polar surface area (TPSA) is 26.0 Å². The highest BCUT2D eigenvalue weighted by molar-refractivity contribution is 7.63. The molecule has 0 bridgehead atoms. The van der Waals surface area contributed by atoms with Gasteiger partial charge in [0.25, 0.3) is 0 Å². The Balaban J connectivity index is 4.40. The van der Waals surface area contributed by atoms with E-state index in [-0.39, 0.29) is 8.31 Å². The summed E-state index contributed by atoms with van der Waals surface area (Å²) in [6.07, 6.45) is 0. The molecular formula is C6H20NSi3. The standard InChI is InChI=1S/C6H20NSi3/c1-8(2)10(5,6)9(3,4)7/h7H2,1-6H3. The fourth-order valence-corrected chi connectivity index (χ4v) is 17.4. The Labute approximate surface area is 68.3 Å². The van der Waals surface area contributed by atoms with Crippen LogP contribution in [-0.4, -0.2) is 23.2 Å². The molecule has 0 aromatic carbocycles. The van der Waals surface area contributed by atoms with Crippen molar-refractivity contribution in [2.75, 3.05) is 0 Å². The number of hydrogen-bond acceptors (Lipinski definition) is 1. The first-order valence-corrected chi connectivity index (χ1v) is 14.4. The average Bonchev–Trinajstić information content (AvgIpc) is 1.62. The molecule has 0 saturated heterocycles. The largest absolute Gasteiger partial charge is 0.353 e. The maximum Gasteiger partial charge on any atom is 0.103 e. The Bertz CT molecular complexity index is 115. The van der Waals surface area contributed by atoms with Gasteiger partial charge >= 0.3 is 0 Å². The molecule has 0 saturated carbocycles. The van der Waals surface area contributed by atoms with E-state index in [0.717, 1.165) is 0 Å². The van der Waals surface area contributed by atoms with Gasteiger partial charge in [-0.3, -0.25) is 0 Å². The lowest BCUT2D eigenvalue weighted by Gasteiger charge is -2.37. The SMILES string of the molecule is C[Si](C)[Si](C)(C)[Si](C)(C)N. The summed E-state index contributed by atoms with van der Waals surface area (Å²) in [6, 6.07) is 0. The summed E-state index contributed by atoms with van der Waals surface area (Å²) in [4.78, 5) is 0. The molecule has 0 aliphatic heterocycles. The van der Waals surface area contributed by atoms with Crippen LogP contribution in [-0.2, 0) is 0 Å². The first-order valence-electron chi connectivity index (χ1n) is 3.79. The molecule has 0 aromatic heterocycles. The van der Waals surface area contributed by atoms with Crippen molar-refractivity contribution in [3.63, 3.8) is 0 Å². The van der Waals surface area contributed by atoms with Crippen molar-refractivity contribution < 1.29 is 0 Å². The van der Waals surface area contributed by atoms with Crippen molar-refractivity contribution in [2.45, 2.75) is 39.3 Å². The Hall–Kier alpha value is 0.611. The van der Waals surface area contributed by atoms with Gasteiger partial charge in [-0.1, -0.05) is 39.3 Å². The van der Waals surface area contributed by atoms with Gasteiger partial charge in [0.05, 0.1) is 7.11 Å². The van der Waals surface area contributed by atoms with Crippen LogP contribution in [0.2, 0.25) is 39.3 Å². The minimum atomic E-state index is -1.26. The van der Waals surface area contributed by atoms with Gasteiger partial charge in [0.2, 0.25) is 0 Å². The normalized spacial score (nSPS) is 14.4. The molecular weight excluding hydrogens is 170 g/mol. The van der Waals surface area contributed by atoms with Gasteiger partial charge in [-0.25, -0.2) is 0 Å². The molecule has 0 aliphatic rings. The maximum absolute atomic E-state index is 6.24. The van der Waals surface area contributed by atoms with E-state index in [1.807, 2.05) is 0 Å². The second-order valence-electron chi connectivity index (χ2n) is 4.35. The van der Waals surface area contributed by atoms with E-state index in [4.69, 9.17) is 5.40 Å². The third kappa shape index (κ3) is 2.05. The number of nitrogens with two attached hydrogens (primary N) is 1. The van der Waals surface area contributed by atoms with Crippen molar-refractivity contribution in [3.8, 4) is 0 Å². The van der Waals surface area contributed by atoms with Gasteiger partial charge in [0.1, 0.15) is 7.75 Å². The summed E-state index contributed by atoms with van der Waals surface area (Å²) < 4.78 is 0. The molecule has 0 atom stereocenters. The van der Waals surface area contributed by atoms with E-state index in [1.165, 1.54) is 0 Å². The van der Waals surface area contributed by atoms with Crippen LogP contribution in [0.5, 0.6) is 0 Å². The van der Waals surface area contributed by atoms with Gasteiger partial charge in [0, 0.05) is 8.31 Å². The van der Waals surface area contributed by atoms with Gasteiger partial charge < -0.3 is 5.40 Å². The van der Waals surface area contributed by atoms with Gasteiger partial charge in [-0.15, -0.1) is 0 Å². The molecule has 10 heavy (non-hydrogen) atoms. The van der Waals surface area contributed by atoms with Crippen molar-refractivity contribution >= 4 is 23.2 Å². The molecule has 0 amide bonds. The predicted molar refractivity (Wildman–Crippen MR) is 56.6 cm³/mol. The van der Waals surface area contributed by atoms with E-state index in [9.17, 15) is 0 Å².